The van der Waals surface area contributed by atoms with E-state index in [4.69, 9.17) is 5.73 Å². The third-order valence-corrected chi connectivity index (χ3v) is 3.23. The van der Waals surface area contributed by atoms with Crippen LogP contribution in [0.15, 0.2) is 12.2 Å². The molecular formula is C10H16N2O. The molecule has 3 atom stereocenters. The Kier molecular flexibility index (Phi) is 2.12. The SMILES string of the molecule is CC(C(N)=O)N1C2C=CCC1CC2. The topological polar surface area (TPSA) is 46.3 Å². The molecule has 3 heteroatoms. The normalized spacial score (nSPS) is 34.8. The standard InChI is InChI=1S/C10H16N2O/c1-7(10(11)13)12-8-3-2-4-9(12)6-5-8/h2-3,7-9H,4-6H2,1H3,(H2,11,13). The second-order valence-corrected chi connectivity index (χ2v) is 3.99. The number of carbonyl (C=O) groups is 1. The molecule has 1 saturated heterocycles. The lowest BCUT2D eigenvalue weighted by Gasteiger charge is -2.34. The fourth-order valence-corrected chi connectivity index (χ4v) is 2.51. The van der Waals surface area contributed by atoms with Crippen LogP contribution in [-0.2, 0) is 4.79 Å². The van der Waals surface area contributed by atoms with Gasteiger partial charge in [0.05, 0.1) is 6.04 Å². The van der Waals surface area contributed by atoms with Gasteiger partial charge in [-0.25, -0.2) is 0 Å². The molecule has 0 spiro atoms. The molecule has 1 fully saturated rings. The van der Waals surface area contributed by atoms with Crippen LogP contribution in [0.25, 0.3) is 0 Å². The van der Waals surface area contributed by atoms with Gasteiger partial charge in [-0.3, -0.25) is 9.69 Å². The van der Waals surface area contributed by atoms with Crippen LogP contribution >= 0.6 is 0 Å². The highest BCUT2D eigenvalue weighted by Gasteiger charge is 2.38. The largest absolute Gasteiger partial charge is 0.368 e. The Hall–Kier alpha value is -0.830. The minimum absolute atomic E-state index is 0.109. The molecule has 0 aromatic carbocycles. The van der Waals surface area contributed by atoms with Crippen molar-refractivity contribution in [1.82, 2.24) is 4.90 Å². The molecular weight excluding hydrogens is 164 g/mol. The molecule has 13 heavy (non-hydrogen) atoms. The third kappa shape index (κ3) is 1.37. The molecule has 2 N–H and O–H groups in total. The van der Waals surface area contributed by atoms with E-state index in [9.17, 15) is 4.79 Å². The van der Waals surface area contributed by atoms with Gasteiger partial charge in [0.15, 0.2) is 0 Å². The maximum atomic E-state index is 11.1. The van der Waals surface area contributed by atoms with Gasteiger partial charge in [0.2, 0.25) is 5.91 Å². The van der Waals surface area contributed by atoms with Crippen molar-refractivity contribution < 1.29 is 4.79 Å². The highest BCUT2D eigenvalue weighted by molar-refractivity contribution is 5.79. The van der Waals surface area contributed by atoms with Crippen LogP contribution in [0.4, 0.5) is 0 Å². The third-order valence-electron chi connectivity index (χ3n) is 3.23. The molecule has 0 aliphatic carbocycles. The van der Waals surface area contributed by atoms with Crippen LogP contribution in [0.5, 0.6) is 0 Å². The van der Waals surface area contributed by atoms with Crippen LogP contribution in [0.3, 0.4) is 0 Å². The number of fused-ring (bicyclic) bond motifs is 2. The molecule has 2 heterocycles. The predicted octanol–water partition coefficient (Wildman–Crippen LogP) is 0.653. The van der Waals surface area contributed by atoms with Crippen molar-refractivity contribution in [2.45, 2.75) is 44.3 Å². The summed E-state index contributed by atoms with van der Waals surface area (Å²) in [5, 5.41) is 0. The molecule has 0 aromatic rings. The zero-order chi connectivity index (χ0) is 9.42. The van der Waals surface area contributed by atoms with Gasteiger partial charge in [0, 0.05) is 12.1 Å². The monoisotopic (exact) mass is 180 g/mol. The first-order valence-corrected chi connectivity index (χ1v) is 4.93. The lowest BCUT2D eigenvalue weighted by Crippen LogP contribution is -2.49. The summed E-state index contributed by atoms with van der Waals surface area (Å²) in [5.41, 5.74) is 5.31. The van der Waals surface area contributed by atoms with Crippen molar-refractivity contribution in [2.24, 2.45) is 5.73 Å². The van der Waals surface area contributed by atoms with Gasteiger partial charge in [0.1, 0.15) is 0 Å². The zero-order valence-corrected chi connectivity index (χ0v) is 7.94. The summed E-state index contributed by atoms with van der Waals surface area (Å²) in [6, 6.07) is 0.904. The number of amides is 1. The van der Waals surface area contributed by atoms with E-state index in [1.807, 2.05) is 6.92 Å². The van der Waals surface area contributed by atoms with Crippen molar-refractivity contribution in [3.8, 4) is 0 Å². The van der Waals surface area contributed by atoms with Gasteiger partial charge in [-0.15, -0.1) is 0 Å². The molecule has 0 aromatic heterocycles. The number of carbonyl (C=O) groups excluding carboxylic acids is 1. The van der Waals surface area contributed by atoms with Crippen molar-refractivity contribution >= 4 is 5.91 Å². The Bertz CT molecular complexity index is 249. The van der Waals surface area contributed by atoms with E-state index in [2.05, 4.69) is 17.1 Å². The molecule has 2 bridgehead atoms. The zero-order valence-electron chi connectivity index (χ0n) is 7.94. The number of nitrogens with zero attached hydrogens (tertiary/aromatic N) is 1. The van der Waals surface area contributed by atoms with Gasteiger partial charge >= 0.3 is 0 Å². The van der Waals surface area contributed by atoms with E-state index in [1.54, 1.807) is 0 Å². The fourth-order valence-electron chi connectivity index (χ4n) is 2.51. The van der Waals surface area contributed by atoms with E-state index in [0.717, 1.165) is 6.42 Å². The summed E-state index contributed by atoms with van der Waals surface area (Å²) in [6.45, 7) is 1.91. The summed E-state index contributed by atoms with van der Waals surface area (Å²) in [5.74, 6) is -0.202. The number of hydrogen-bond donors (Lipinski definition) is 1. The molecule has 3 unspecified atom stereocenters. The smallest absolute Gasteiger partial charge is 0.234 e. The Labute approximate surface area is 78.6 Å². The summed E-state index contributed by atoms with van der Waals surface area (Å²) >= 11 is 0. The minimum Gasteiger partial charge on any atom is -0.368 e. The van der Waals surface area contributed by atoms with Crippen molar-refractivity contribution in [3.05, 3.63) is 12.2 Å². The molecule has 3 nitrogen and oxygen atoms in total. The Balaban J connectivity index is 2.16. The maximum absolute atomic E-state index is 11.1. The second-order valence-electron chi connectivity index (χ2n) is 3.99. The number of primary amides is 1. The van der Waals surface area contributed by atoms with E-state index in [0.29, 0.717) is 12.1 Å². The lowest BCUT2D eigenvalue weighted by molar-refractivity contribution is -0.123. The second kappa shape index (κ2) is 3.14. The van der Waals surface area contributed by atoms with Crippen molar-refractivity contribution in [3.63, 3.8) is 0 Å². The Morgan fingerprint density at radius 3 is 3.00 bits per heavy atom. The van der Waals surface area contributed by atoms with E-state index in [-0.39, 0.29) is 11.9 Å². The maximum Gasteiger partial charge on any atom is 0.234 e. The van der Waals surface area contributed by atoms with E-state index < -0.39 is 0 Å². The summed E-state index contributed by atoms with van der Waals surface area (Å²) in [6.07, 6.45) is 7.90. The highest BCUT2D eigenvalue weighted by atomic mass is 16.1. The van der Waals surface area contributed by atoms with Gasteiger partial charge in [-0.1, -0.05) is 12.2 Å². The van der Waals surface area contributed by atoms with Crippen LogP contribution in [0.2, 0.25) is 0 Å². The Morgan fingerprint density at radius 1 is 1.62 bits per heavy atom. The summed E-state index contributed by atoms with van der Waals surface area (Å²) < 4.78 is 0. The molecule has 0 radical (unpaired) electrons. The number of hydrogen-bond acceptors (Lipinski definition) is 2. The minimum atomic E-state index is -0.202. The van der Waals surface area contributed by atoms with Gasteiger partial charge < -0.3 is 5.73 Å². The van der Waals surface area contributed by atoms with Gasteiger partial charge in [-0.05, 0) is 26.2 Å². The molecule has 2 rings (SSSR count). The predicted molar refractivity (Wildman–Crippen MR) is 51.1 cm³/mol. The van der Waals surface area contributed by atoms with E-state index in [1.165, 1.54) is 12.8 Å². The number of nitrogens with two attached hydrogens (primary N) is 1. The Morgan fingerprint density at radius 2 is 2.38 bits per heavy atom. The summed E-state index contributed by atoms with van der Waals surface area (Å²) in [4.78, 5) is 13.3. The van der Waals surface area contributed by atoms with Crippen LogP contribution in [0.1, 0.15) is 26.2 Å². The van der Waals surface area contributed by atoms with Crippen molar-refractivity contribution in [1.29, 1.82) is 0 Å². The molecule has 0 saturated carbocycles. The molecule has 72 valence electrons. The first-order chi connectivity index (χ1) is 6.20. The van der Waals surface area contributed by atoms with Crippen LogP contribution in [0, 0.1) is 0 Å². The fraction of sp³-hybridized carbons (Fsp3) is 0.700. The van der Waals surface area contributed by atoms with Crippen LogP contribution in [-0.4, -0.2) is 28.9 Å². The van der Waals surface area contributed by atoms with Gasteiger partial charge in [0.25, 0.3) is 0 Å². The van der Waals surface area contributed by atoms with Gasteiger partial charge in [-0.2, -0.15) is 0 Å². The highest BCUT2D eigenvalue weighted by Crippen LogP contribution is 2.32. The molecule has 2 aliphatic heterocycles. The average molecular weight is 180 g/mol. The quantitative estimate of drug-likeness (QED) is 0.634. The van der Waals surface area contributed by atoms with E-state index >= 15 is 0 Å². The first kappa shape index (κ1) is 8.75. The first-order valence-electron chi connectivity index (χ1n) is 4.93. The van der Waals surface area contributed by atoms with Crippen LogP contribution < -0.4 is 5.73 Å². The lowest BCUT2D eigenvalue weighted by atomic mass is 10.1. The molecule has 1 amide bonds. The van der Waals surface area contributed by atoms with Crippen molar-refractivity contribution in [2.75, 3.05) is 0 Å². The average Bonchev–Trinajstić information content (AvgIpc) is 2.34. The number of rotatable bonds is 2. The molecule has 2 aliphatic rings. The summed E-state index contributed by atoms with van der Waals surface area (Å²) in [7, 11) is 0.